The Morgan fingerprint density at radius 2 is 1.58 bits per heavy atom. The number of nitrogens with zero attached hydrogens (tertiary/aromatic N) is 10. The number of nitrogens with one attached hydrogen (secondary N) is 2. The summed E-state index contributed by atoms with van der Waals surface area (Å²) in [5.41, 5.74) is 9.66. The molecule has 3 aliphatic heterocycles. The standard InChI is InChI=1S/C48H61F2N13O4/c1-48(2,3)63-46-39(44(51)54-28-55-46)40(58-63)41-38(43(67-59-41)31-10-11-31)45-52-26-30(27-53-45)23-29-14-17-61(18-15-29)37(65)9-7-5-4-6-8-16-60-19-21-62(22-20-60)42-33(49)24-32(25-34(42)50)56-35-12-13-36(64)57-47(35)66/h24-29,31,35,56H,4-23H2,1-3H3,(H2,51,54,55)(H,57,64,66). The zero-order valence-corrected chi connectivity index (χ0v) is 38.7. The molecule has 1 saturated carbocycles. The Kier molecular flexibility index (Phi) is 13.5. The molecular formula is C48H61F2N13O4. The maximum atomic E-state index is 15.1. The van der Waals surface area contributed by atoms with Crippen LogP contribution in [-0.4, -0.2) is 114 Å². The zero-order valence-electron chi connectivity index (χ0n) is 38.7. The number of aromatic nitrogens is 7. The molecule has 4 aliphatic rings. The highest BCUT2D eigenvalue weighted by Gasteiger charge is 2.37. The van der Waals surface area contributed by atoms with Crippen LogP contribution in [0.2, 0.25) is 0 Å². The Bertz CT molecular complexity index is 2570. The third kappa shape index (κ3) is 10.4. The van der Waals surface area contributed by atoms with E-state index in [1.807, 2.05) is 22.0 Å². The van der Waals surface area contributed by atoms with Crippen molar-refractivity contribution in [3.63, 3.8) is 0 Å². The predicted octanol–water partition coefficient (Wildman–Crippen LogP) is 6.59. The van der Waals surface area contributed by atoms with Crippen LogP contribution in [0.3, 0.4) is 0 Å². The Morgan fingerprint density at radius 3 is 2.27 bits per heavy atom. The van der Waals surface area contributed by atoms with Crippen molar-refractivity contribution in [3.8, 4) is 22.8 Å². The number of hydrogen-bond donors (Lipinski definition) is 3. The molecule has 4 N–H and O–H groups in total. The number of amides is 3. The number of halogens is 2. The van der Waals surface area contributed by atoms with Gasteiger partial charge in [0.05, 0.1) is 16.5 Å². The second kappa shape index (κ2) is 19.6. The van der Waals surface area contributed by atoms with Crippen LogP contribution in [0.4, 0.5) is 26.0 Å². The van der Waals surface area contributed by atoms with E-state index in [-0.39, 0.29) is 47.5 Å². The van der Waals surface area contributed by atoms with Crippen molar-refractivity contribution in [1.29, 1.82) is 0 Å². The summed E-state index contributed by atoms with van der Waals surface area (Å²) < 4.78 is 38.1. The molecular weight excluding hydrogens is 861 g/mol. The Hall–Kier alpha value is -6.11. The van der Waals surface area contributed by atoms with E-state index >= 15 is 8.78 Å². The molecule has 7 heterocycles. The van der Waals surface area contributed by atoms with Crippen LogP contribution in [-0.2, 0) is 26.3 Å². The van der Waals surface area contributed by atoms with Gasteiger partial charge in [-0.2, -0.15) is 5.10 Å². The minimum Gasteiger partial charge on any atom is -0.383 e. The van der Waals surface area contributed by atoms with Gasteiger partial charge in [-0.05, 0) is 102 Å². The molecule has 67 heavy (non-hydrogen) atoms. The van der Waals surface area contributed by atoms with Gasteiger partial charge in [0.2, 0.25) is 17.7 Å². The molecule has 1 aliphatic carbocycles. The first-order valence-corrected chi connectivity index (χ1v) is 24.0. The van der Waals surface area contributed by atoms with E-state index in [0.717, 1.165) is 101 Å². The summed E-state index contributed by atoms with van der Waals surface area (Å²) in [5.74, 6) is 0.354. The molecule has 5 aromatic rings. The number of likely N-dealkylation sites (tertiary alicyclic amines) is 1. The molecule has 1 atom stereocenters. The van der Waals surface area contributed by atoms with Crippen LogP contribution in [0.5, 0.6) is 0 Å². The van der Waals surface area contributed by atoms with Crippen molar-refractivity contribution >= 4 is 45.9 Å². The lowest BCUT2D eigenvalue weighted by molar-refractivity contribution is -0.134. The molecule has 0 radical (unpaired) electrons. The van der Waals surface area contributed by atoms with E-state index in [0.29, 0.717) is 72.6 Å². The average molecular weight is 922 g/mol. The van der Waals surface area contributed by atoms with Crippen LogP contribution in [0.25, 0.3) is 33.8 Å². The molecule has 17 nitrogen and oxygen atoms in total. The van der Waals surface area contributed by atoms with Gasteiger partial charge in [0.25, 0.3) is 0 Å². The Balaban J connectivity index is 0.678. The number of rotatable bonds is 16. The number of carbonyl (C=O) groups is 3. The van der Waals surface area contributed by atoms with E-state index in [1.54, 1.807) is 4.90 Å². The maximum Gasteiger partial charge on any atom is 0.249 e. The summed E-state index contributed by atoms with van der Waals surface area (Å²) in [6.45, 7) is 11.1. The van der Waals surface area contributed by atoms with Crippen LogP contribution < -0.4 is 21.3 Å². The van der Waals surface area contributed by atoms with Crippen LogP contribution in [0, 0.1) is 17.6 Å². The normalized spacial score (nSPS) is 18.8. The number of nitrogen functional groups attached to an aromatic ring is 1. The molecule has 0 spiro atoms. The Morgan fingerprint density at radius 1 is 0.881 bits per heavy atom. The fraction of sp³-hybridized carbons (Fsp3) is 0.562. The summed E-state index contributed by atoms with van der Waals surface area (Å²) in [7, 11) is 0. The molecule has 356 valence electrons. The smallest absolute Gasteiger partial charge is 0.249 e. The minimum absolute atomic E-state index is 0.0505. The monoisotopic (exact) mass is 921 g/mol. The third-order valence-corrected chi connectivity index (χ3v) is 13.6. The van der Waals surface area contributed by atoms with Gasteiger partial charge in [-0.15, -0.1) is 0 Å². The lowest BCUT2D eigenvalue weighted by Crippen LogP contribution is -2.47. The first-order valence-electron chi connectivity index (χ1n) is 24.0. The quantitative estimate of drug-likeness (QED) is 0.0706. The van der Waals surface area contributed by atoms with Crippen LogP contribution >= 0.6 is 0 Å². The van der Waals surface area contributed by atoms with Crippen molar-refractivity contribution in [2.24, 2.45) is 5.92 Å². The van der Waals surface area contributed by atoms with Crippen molar-refractivity contribution in [2.75, 3.05) is 61.8 Å². The predicted molar refractivity (Wildman–Crippen MR) is 249 cm³/mol. The minimum atomic E-state index is -0.717. The number of unbranched alkanes of at least 4 members (excludes halogenated alkanes) is 4. The van der Waals surface area contributed by atoms with Gasteiger partial charge < -0.3 is 25.4 Å². The largest absolute Gasteiger partial charge is 0.383 e. The van der Waals surface area contributed by atoms with E-state index in [4.69, 9.17) is 25.3 Å². The highest BCUT2D eigenvalue weighted by molar-refractivity contribution is 6.02. The van der Waals surface area contributed by atoms with Gasteiger partial charge in [-0.1, -0.05) is 24.4 Å². The zero-order chi connectivity index (χ0) is 46.8. The summed E-state index contributed by atoms with van der Waals surface area (Å²) in [4.78, 5) is 61.2. The van der Waals surface area contributed by atoms with Gasteiger partial charge in [0.15, 0.2) is 28.9 Å². The number of hydrogen-bond acceptors (Lipinski definition) is 14. The molecule has 1 aromatic carbocycles. The molecule has 19 heteroatoms. The molecule has 0 bridgehead atoms. The topological polar surface area (TPSA) is 206 Å². The molecule has 3 saturated heterocycles. The number of carbonyl (C=O) groups excluding carboxylic acids is 3. The van der Waals surface area contributed by atoms with Crippen LogP contribution in [0.1, 0.15) is 115 Å². The average Bonchev–Trinajstić information content (AvgIpc) is 3.92. The van der Waals surface area contributed by atoms with E-state index < -0.39 is 23.6 Å². The lowest BCUT2D eigenvalue weighted by atomic mass is 9.91. The summed E-state index contributed by atoms with van der Waals surface area (Å²) in [5, 5.41) is 15.2. The number of anilines is 3. The maximum absolute atomic E-state index is 15.1. The fourth-order valence-electron chi connectivity index (χ4n) is 9.70. The summed E-state index contributed by atoms with van der Waals surface area (Å²) in [6.07, 6.45) is 16.1. The number of imide groups is 1. The van der Waals surface area contributed by atoms with Gasteiger partial charge in [-0.25, -0.2) is 33.4 Å². The molecule has 1 unspecified atom stereocenters. The number of nitrogens with two attached hydrogens (primary N) is 1. The van der Waals surface area contributed by atoms with Gasteiger partial charge >= 0.3 is 0 Å². The second-order valence-corrected chi connectivity index (χ2v) is 19.7. The van der Waals surface area contributed by atoms with E-state index in [9.17, 15) is 14.4 Å². The van der Waals surface area contributed by atoms with Gasteiger partial charge in [0.1, 0.15) is 35.3 Å². The Labute approximate surface area is 388 Å². The summed E-state index contributed by atoms with van der Waals surface area (Å²) >= 11 is 0. The third-order valence-electron chi connectivity index (χ3n) is 13.6. The second-order valence-electron chi connectivity index (χ2n) is 19.7. The van der Waals surface area contributed by atoms with Crippen molar-refractivity contribution in [3.05, 3.63) is 53.8 Å². The number of fused-ring (bicyclic) bond motifs is 1. The molecule has 4 aromatic heterocycles. The molecule has 9 rings (SSSR count). The van der Waals surface area contributed by atoms with Gasteiger partial charge in [0, 0.05) is 76.1 Å². The molecule has 3 amide bonds. The highest BCUT2D eigenvalue weighted by Crippen LogP contribution is 2.48. The number of piperidine rings is 2. The fourth-order valence-corrected chi connectivity index (χ4v) is 9.70. The van der Waals surface area contributed by atoms with Crippen LogP contribution in [0.15, 0.2) is 35.4 Å². The SMILES string of the molecule is CC(C)(C)n1nc(-c2noc(C3CC3)c2-c2ncc(CC3CCN(C(=O)CCCCCCCN4CCN(c5c(F)cc(NC6CCC(=O)NC6=O)cc5F)CC4)CC3)cn2)c2c(N)ncnc21. The van der Waals surface area contributed by atoms with Crippen molar-refractivity contribution in [1.82, 2.24) is 50.0 Å². The van der Waals surface area contributed by atoms with Crippen molar-refractivity contribution < 1.29 is 27.7 Å². The first-order chi connectivity index (χ1) is 32.3. The lowest BCUT2D eigenvalue weighted by Gasteiger charge is -2.36. The number of benzene rings is 1. The first kappa shape index (κ1) is 46.0. The van der Waals surface area contributed by atoms with Crippen molar-refractivity contribution in [2.45, 2.75) is 122 Å². The van der Waals surface area contributed by atoms with E-state index in [1.165, 1.54) is 18.5 Å². The summed E-state index contributed by atoms with van der Waals surface area (Å²) in [6, 6.07) is 1.71. The van der Waals surface area contributed by atoms with Gasteiger partial charge in [-0.3, -0.25) is 24.6 Å². The number of piperazine rings is 1. The highest BCUT2D eigenvalue weighted by atomic mass is 19.1. The molecule has 4 fully saturated rings. The van der Waals surface area contributed by atoms with E-state index in [2.05, 4.69) is 51.4 Å².